The first-order valence-corrected chi connectivity index (χ1v) is 10.7. The van der Waals surface area contributed by atoms with Gasteiger partial charge in [-0.15, -0.1) is 0 Å². The Morgan fingerprint density at radius 1 is 1.09 bits per heavy atom. The molecule has 2 aromatic carbocycles. The van der Waals surface area contributed by atoms with E-state index in [4.69, 9.17) is 4.74 Å². The second kappa shape index (κ2) is 7.27. The minimum Gasteiger partial charge on any atom is -0.508 e. The summed E-state index contributed by atoms with van der Waals surface area (Å²) < 4.78 is 21.2. The van der Waals surface area contributed by atoms with E-state index in [0.29, 0.717) is 28.9 Å². The number of anilines is 1. The SMILES string of the molecule is COc1nc(N2C[C@H]3CC[C@@H](C2)N3)c2cnc(-c3cc(O)cc4ccccc34)c(F)c2n1. The Hall–Kier alpha value is -3.52. The number of nitrogens with zero attached hydrogens (tertiary/aromatic N) is 4. The van der Waals surface area contributed by atoms with E-state index < -0.39 is 5.82 Å². The molecule has 0 amide bonds. The van der Waals surface area contributed by atoms with Gasteiger partial charge in [0.2, 0.25) is 0 Å². The topological polar surface area (TPSA) is 83.4 Å². The summed E-state index contributed by atoms with van der Waals surface area (Å²) in [5.41, 5.74) is 0.811. The van der Waals surface area contributed by atoms with Crippen molar-refractivity contribution in [2.24, 2.45) is 0 Å². The summed E-state index contributed by atoms with van der Waals surface area (Å²) in [5.74, 6) is 0.138. The first kappa shape index (κ1) is 19.2. The van der Waals surface area contributed by atoms with Crippen molar-refractivity contribution in [3.63, 3.8) is 0 Å². The summed E-state index contributed by atoms with van der Waals surface area (Å²) >= 11 is 0. The lowest BCUT2D eigenvalue weighted by molar-refractivity contribution is 0.380. The largest absolute Gasteiger partial charge is 0.508 e. The number of hydrogen-bond donors (Lipinski definition) is 2. The van der Waals surface area contributed by atoms with Crippen LogP contribution in [0.15, 0.2) is 42.6 Å². The fraction of sp³-hybridized carbons (Fsp3) is 0.292. The monoisotopic (exact) mass is 431 g/mol. The van der Waals surface area contributed by atoms with E-state index in [1.807, 2.05) is 24.3 Å². The van der Waals surface area contributed by atoms with Gasteiger partial charge >= 0.3 is 6.01 Å². The van der Waals surface area contributed by atoms with Crippen molar-refractivity contribution in [1.82, 2.24) is 20.3 Å². The van der Waals surface area contributed by atoms with E-state index in [1.165, 1.54) is 13.2 Å². The minimum atomic E-state index is -0.557. The van der Waals surface area contributed by atoms with Gasteiger partial charge in [0.1, 0.15) is 22.8 Å². The van der Waals surface area contributed by atoms with Crippen LogP contribution in [-0.2, 0) is 0 Å². The molecule has 0 spiro atoms. The molecule has 0 saturated carbocycles. The molecule has 2 atom stereocenters. The van der Waals surface area contributed by atoms with Crippen LogP contribution in [0, 0.1) is 5.82 Å². The number of halogens is 1. The van der Waals surface area contributed by atoms with Crippen LogP contribution in [-0.4, -0.2) is 52.3 Å². The van der Waals surface area contributed by atoms with E-state index in [-0.39, 0.29) is 23.0 Å². The maximum atomic E-state index is 15.9. The van der Waals surface area contributed by atoms with Gasteiger partial charge in [-0.2, -0.15) is 9.97 Å². The lowest BCUT2D eigenvalue weighted by atomic mass is 10.0. The standard InChI is InChI=1S/C24H22FN5O2/c1-32-24-28-22-19(23(29-24)30-11-14-6-7-15(12-30)27-14)10-26-21(20(22)25)18-9-16(31)8-13-4-2-3-5-17(13)18/h2-5,8-10,14-15,27,31H,6-7,11-12H2,1H3/t14-,15+. The Balaban J connectivity index is 1.56. The van der Waals surface area contributed by atoms with Crippen LogP contribution in [0.3, 0.4) is 0 Å². The maximum Gasteiger partial charge on any atom is 0.318 e. The average Bonchev–Trinajstić information content (AvgIpc) is 3.15. The van der Waals surface area contributed by atoms with Crippen LogP contribution >= 0.6 is 0 Å². The summed E-state index contributed by atoms with van der Waals surface area (Å²) in [5, 5.41) is 16.0. The molecule has 6 rings (SSSR count). The van der Waals surface area contributed by atoms with E-state index >= 15 is 4.39 Å². The molecule has 4 heterocycles. The molecule has 0 aliphatic carbocycles. The highest BCUT2D eigenvalue weighted by molar-refractivity contribution is 5.99. The Labute approximate surface area is 183 Å². The van der Waals surface area contributed by atoms with Gasteiger partial charge < -0.3 is 20.1 Å². The molecule has 2 saturated heterocycles. The number of rotatable bonds is 3. The third-order valence-electron chi connectivity index (χ3n) is 6.44. The van der Waals surface area contributed by atoms with Crippen LogP contribution < -0.4 is 15.0 Å². The van der Waals surface area contributed by atoms with Crippen LogP contribution in [0.2, 0.25) is 0 Å². The van der Waals surface area contributed by atoms with E-state index in [2.05, 4.69) is 25.2 Å². The maximum absolute atomic E-state index is 15.9. The number of aromatic nitrogens is 3. The minimum absolute atomic E-state index is 0.0530. The molecule has 2 N–H and O–H groups in total. The number of phenolic OH excluding ortho intramolecular Hbond substituents is 1. The quantitative estimate of drug-likeness (QED) is 0.512. The van der Waals surface area contributed by atoms with Gasteiger partial charge in [-0.25, -0.2) is 4.39 Å². The highest BCUT2D eigenvalue weighted by Gasteiger charge is 2.34. The molecule has 2 aromatic heterocycles. The number of ether oxygens (including phenoxy) is 1. The molecular formula is C24H22FN5O2. The predicted octanol–water partition coefficient (Wildman–Crippen LogP) is 3.64. The zero-order chi connectivity index (χ0) is 21.8. The zero-order valence-corrected chi connectivity index (χ0v) is 17.5. The van der Waals surface area contributed by atoms with Crippen molar-refractivity contribution in [2.75, 3.05) is 25.1 Å². The molecule has 162 valence electrons. The fourth-order valence-electron chi connectivity index (χ4n) is 5.00. The van der Waals surface area contributed by atoms with Gasteiger partial charge in [-0.1, -0.05) is 24.3 Å². The van der Waals surface area contributed by atoms with Gasteiger partial charge in [0.05, 0.1) is 12.5 Å². The normalized spacial score (nSPS) is 20.2. The molecule has 32 heavy (non-hydrogen) atoms. The summed E-state index contributed by atoms with van der Waals surface area (Å²) in [6.45, 7) is 1.60. The number of nitrogens with one attached hydrogen (secondary N) is 1. The second-order valence-corrected chi connectivity index (χ2v) is 8.47. The van der Waals surface area contributed by atoms with E-state index in [0.717, 1.165) is 36.7 Å². The summed E-state index contributed by atoms with van der Waals surface area (Å²) in [6, 6.07) is 11.6. The number of methoxy groups -OCH3 is 1. The first-order chi connectivity index (χ1) is 15.6. The third-order valence-corrected chi connectivity index (χ3v) is 6.44. The molecule has 4 aromatic rings. The van der Waals surface area contributed by atoms with Crippen molar-refractivity contribution in [3.8, 4) is 23.0 Å². The van der Waals surface area contributed by atoms with Crippen LogP contribution in [0.4, 0.5) is 10.2 Å². The number of benzene rings is 2. The van der Waals surface area contributed by atoms with Crippen molar-refractivity contribution in [2.45, 2.75) is 24.9 Å². The molecular weight excluding hydrogens is 409 g/mol. The van der Waals surface area contributed by atoms with Crippen LogP contribution in [0.5, 0.6) is 11.8 Å². The number of aromatic hydroxyl groups is 1. The molecule has 7 nitrogen and oxygen atoms in total. The Morgan fingerprint density at radius 2 is 1.88 bits per heavy atom. The second-order valence-electron chi connectivity index (χ2n) is 8.47. The third kappa shape index (κ3) is 3.02. The highest BCUT2D eigenvalue weighted by Crippen LogP contribution is 2.37. The van der Waals surface area contributed by atoms with Gasteiger partial charge in [0.15, 0.2) is 5.82 Å². The average molecular weight is 431 g/mol. The number of fused-ring (bicyclic) bond motifs is 4. The number of pyridine rings is 1. The molecule has 8 heteroatoms. The van der Waals surface area contributed by atoms with Crippen molar-refractivity contribution in [1.29, 1.82) is 0 Å². The summed E-state index contributed by atoms with van der Waals surface area (Å²) in [4.78, 5) is 15.6. The van der Waals surface area contributed by atoms with E-state index in [9.17, 15) is 5.11 Å². The van der Waals surface area contributed by atoms with Crippen LogP contribution in [0.25, 0.3) is 32.9 Å². The molecule has 0 radical (unpaired) electrons. The highest BCUT2D eigenvalue weighted by atomic mass is 19.1. The molecule has 2 bridgehead atoms. The molecule has 2 fully saturated rings. The smallest absolute Gasteiger partial charge is 0.318 e. The summed E-state index contributed by atoms with van der Waals surface area (Å²) in [7, 11) is 1.48. The van der Waals surface area contributed by atoms with E-state index in [1.54, 1.807) is 12.3 Å². The Kier molecular flexibility index (Phi) is 4.36. The zero-order valence-electron chi connectivity index (χ0n) is 17.5. The van der Waals surface area contributed by atoms with Gasteiger partial charge in [-0.3, -0.25) is 4.98 Å². The molecule has 2 aliphatic heterocycles. The Morgan fingerprint density at radius 3 is 2.66 bits per heavy atom. The lowest BCUT2D eigenvalue weighted by Gasteiger charge is -2.34. The van der Waals surface area contributed by atoms with Crippen molar-refractivity contribution < 1.29 is 14.2 Å². The fourth-order valence-corrected chi connectivity index (χ4v) is 5.00. The van der Waals surface area contributed by atoms with Crippen LogP contribution in [0.1, 0.15) is 12.8 Å². The predicted molar refractivity (Wildman–Crippen MR) is 121 cm³/mol. The van der Waals surface area contributed by atoms with Gasteiger partial charge in [-0.05, 0) is 35.7 Å². The van der Waals surface area contributed by atoms with Gasteiger partial charge in [0.25, 0.3) is 0 Å². The first-order valence-electron chi connectivity index (χ1n) is 10.7. The number of piperazine rings is 1. The van der Waals surface area contributed by atoms with Gasteiger partial charge in [0, 0.05) is 36.9 Å². The van der Waals surface area contributed by atoms with Crippen molar-refractivity contribution >= 4 is 27.5 Å². The molecule has 2 aliphatic rings. The number of hydrogen-bond acceptors (Lipinski definition) is 7. The summed E-state index contributed by atoms with van der Waals surface area (Å²) in [6.07, 6.45) is 3.89. The lowest BCUT2D eigenvalue weighted by Crippen LogP contribution is -2.51. The number of phenols is 1. The van der Waals surface area contributed by atoms with Crippen molar-refractivity contribution in [3.05, 3.63) is 48.4 Å². The molecule has 0 unspecified atom stereocenters. The Bertz CT molecular complexity index is 1350.